The Hall–Kier alpha value is -2.31. The Balaban J connectivity index is 1.61. The third-order valence-corrected chi connectivity index (χ3v) is 5.90. The topological polar surface area (TPSA) is 52.7 Å². The molecule has 2 amide bonds. The highest BCUT2D eigenvalue weighted by molar-refractivity contribution is 7.98. The van der Waals surface area contributed by atoms with Crippen molar-refractivity contribution in [1.82, 2.24) is 10.2 Å². The molecule has 3 rings (SSSR count). The van der Waals surface area contributed by atoms with Crippen molar-refractivity contribution in [2.24, 2.45) is 5.92 Å². The van der Waals surface area contributed by atoms with Gasteiger partial charge in [-0.15, -0.1) is 11.8 Å². The zero-order valence-electron chi connectivity index (χ0n) is 16.6. The van der Waals surface area contributed by atoms with E-state index in [0.29, 0.717) is 13.1 Å². The number of nitrogens with zero attached hydrogens (tertiary/aromatic N) is 2. The molecular weight excluding hydrogens is 370 g/mol. The van der Waals surface area contributed by atoms with Crippen LogP contribution in [0.5, 0.6) is 0 Å². The van der Waals surface area contributed by atoms with Crippen molar-refractivity contribution in [3.8, 4) is 0 Å². The van der Waals surface area contributed by atoms with E-state index in [9.17, 15) is 9.59 Å². The lowest BCUT2D eigenvalue weighted by Gasteiger charge is -2.25. The Morgan fingerprint density at radius 3 is 2.46 bits per heavy atom. The summed E-state index contributed by atoms with van der Waals surface area (Å²) in [6, 6.07) is 18.1. The van der Waals surface area contributed by atoms with Gasteiger partial charge in [0.25, 0.3) is 0 Å². The number of anilines is 1. The van der Waals surface area contributed by atoms with Crippen LogP contribution in [0.1, 0.15) is 18.0 Å². The number of carbonyl (C=O) groups excluding carboxylic acids is 2. The molecule has 1 heterocycles. The van der Waals surface area contributed by atoms with Crippen LogP contribution in [0.15, 0.2) is 59.5 Å². The number of benzene rings is 2. The fourth-order valence-electron chi connectivity index (χ4n) is 3.51. The van der Waals surface area contributed by atoms with Gasteiger partial charge in [-0.3, -0.25) is 9.59 Å². The van der Waals surface area contributed by atoms with E-state index in [1.165, 1.54) is 0 Å². The Morgan fingerprint density at radius 2 is 1.86 bits per heavy atom. The van der Waals surface area contributed by atoms with Gasteiger partial charge in [0.2, 0.25) is 11.8 Å². The predicted molar refractivity (Wildman–Crippen MR) is 115 cm³/mol. The van der Waals surface area contributed by atoms with E-state index in [1.54, 1.807) is 16.7 Å². The maximum atomic E-state index is 12.7. The van der Waals surface area contributed by atoms with Gasteiger partial charge in [0.1, 0.15) is 0 Å². The fraction of sp³-hybridized carbons (Fsp3) is 0.364. The molecule has 2 aromatic carbocycles. The van der Waals surface area contributed by atoms with Crippen molar-refractivity contribution >= 4 is 29.3 Å². The number of carbonyl (C=O) groups is 2. The summed E-state index contributed by atoms with van der Waals surface area (Å²) in [6.07, 6.45) is 2.28. The summed E-state index contributed by atoms with van der Waals surface area (Å²) < 4.78 is 0. The molecule has 0 aromatic heterocycles. The number of rotatable bonds is 7. The maximum Gasteiger partial charge on any atom is 0.227 e. The Kier molecular flexibility index (Phi) is 6.75. The molecular formula is C22H27N3O2S. The van der Waals surface area contributed by atoms with Gasteiger partial charge in [-0.1, -0.05) is 30.3 Å². The number of hydrogen-bond donors (Lipinski definition) is 1. The van der Waals surface area contributed by atoms with Crippen LogP contribution in [-0.2, 0) is 9.59 Å². The van der Waals surface area contributed by atoms with Crippen molar-refractivity contribution in [2.75, 3.05) is 38.3 Å². The number of hydrogen-bond acceptors (Lipinski definition) is 4. The van der Waals surface area contributed by atoms with Gasteiger partial charge in [0.15, 0.2) is 0 Å². The summed E-state index contributed by atoms with van der Waals surface area (Å²) in [5.41, 5.74) is 2.01. The van der Waals surface area contributed by atoms with E-state index < -0.39 is 0 Å². The van der Waals surface area contributed by atoms with E-state index in [0.717, 1.165) is 16.1 Å². The number of thioether (sulfide) groups is 1. The summed E-state index contributed by atoms with van der Waals surface area (Å²) in [4.78, 5) is 30.1. The fourth-order valence-corrected chi connectivity index (χ4v) is 3.92. The lowest BCUT2D eigenvalue weighted by atomic mass is 10.0. The molecule has 5 nitrogen and oxygen atoms in total. The second-order valence-electron chi connectivity index (χ2n) is 7.24. The molecule has 1 aliphatic heterocycles. The van der Waals surface area contributed by atoms with Gasteiger partial charge in [-0.05, 0) is 50.2 Å². The zero-order chi connectivity index (χ0) is 20.1. The van der Waals surface area contributed by atoms with E-state index >= 15 is 0 Å². The second kappa shape index (κ2) is 9.26. The van der Waals surface area contributed by atoms with Crippen LogP contribution in [0.3, 0.4) is 0 Å². The molecule has 2 aromatic rings. The van der Waals surface area contributed by atoms with Gasteiger partial charge in [-0.25, -0.2) is 0 Å². The van der Waals surface area contributed by atoms with Crippen LogP contribution in [0.25, 0.3) is 0 Å². The summed E-state index contributed by atoms with van der Waals surface area (Å²) in [5, 5.41) is 3.05. The van der Waals surface area contributed by atoms with Crippen LogP contribution < -0.4 is 10.2 Å². The molecule has 1 N–H and O–H groups in total. The van der Waals surface area contributed by atoms with Crippen LogP contribution in [0.4, 0.5) is 5.69 Å². The van der Waals surface area contributed by atoms with E-state index in [4.69, 9.17) is 0 Å². The molecule has 0 unspecified atom stereocenters. The average molecular weight is 398 g/mol. The number of nitrogens with one attached hydrogen (secondary N) is 1. The summed E-state index contributed by atoms with van der Waals surface area (Å²) in [6.45, 7) is 0.949. The van der Waals surface area contributed by atoms with Crippen molar-refractivity contribution in [3.05, 3.63) is 60.2 Å². The summed E-state index contributed by atoms with van der Waals surface area (Å²) in [7, 11) is 4.01. The SMILES string of the molecule is CSc1ccc(N2C[C@@H](C(=O)NC[C@H](c3ccccc3)N(C)C)CC2=O)cc1. The van der Waals surface area contributed by atoms with Crippen molar-refractivity contribution in [2.45, 2.75) is 17.4 Å². The van der Waals surface area contributed by atoms with Gasteiger partial charge >= 0.3 is 0 Å². The van der Waals surface area contributed by atoms with Gasteiger partial charge in [0, 0.05) is 30.1 Å². The first-order valence-electron chi connectivity index (χ1n) is 9.43. The lowest BCUT2D eigenvalue weighted by Crippen LogP contribution is -2.38. The zero-order valence-corrected chi connectivity index (χ0v) is 17.4. The molecule has 1 aliphatic rings. The molecule has 2 atom stereocenters. The first-order chi connectivity index (χ1) is 13.5. The van der Waals surface area contributed by atoms with E-state index in [1.807, 2.05) is 62.8 Å². The number of likely N-dealkylation sites (N-methyl/N-ethyl adjacent to an activating group) is 1. The standard InChI is InChI=1S/C22H27N3O2S/c1-24(2)20(16-7-5-4-6-8-16)14-23-22(27)17-13-21(26)25(15-17)18-9-11-19(28-3)12-10-18/h4-12,17,20H,13-15H2,1-3H3,(H,23,27)/t17-,20+/m0/s1. The molecule has 0 bridgehead atoms. The Labute approximate surface area is 171 Å². The minimum Gasteiger partial charge on any atom is -0.354 e. The second-order valence-corrected chi connectivity index (χ2v) is 8.12. The van der Waals surface area contributed by atoms with Gasteiger partial charge in [0.05, 0.1) is 12.0 Å². The first-order valence-corrected chi connectivity index (χ1v) is 10.7. The third-order valence-electron chi connectivity index (χ3n) is 5.16. The highest BCUT2D eigenvalue weighted by Gasteiger charge is 2.35. The highest BCUT2D eigenvalue weighted by Crippen LogP contribution is 2.27. The first kappa shape index (κ1) is 20.4. The molecule has 148 valence electrons. The minimum absolute atomic E-state index is 0.00395. The van der Waals surface area contributed by atoms with Crippen LogP contribution in [-0.4, -0.2) is 50.2 Å². The number of amides is 2. The van der Waals surface area contributed by atoms with Crippen LogP contribution >= 0.6 is 11.8 Å². The molecule has 1 fully saturated rings. The van der Waals surface area contributed by atoms with Crippen molar-refractivity contribution < 1.29 is 9.59 Å². The van der Waals surface area contributed by atoms with Gasteiger partial charge in [-0.2, -0.15) is 0 Å². The van der Waals surface area contributed by atoms with Crippen LogP contribution in [0.2, 0.25) is 0 Å². The summed E-state index contributed by atoms with van der Waals surface area (Å²) >= 11 is 1.66. The maximum absolute atomic E-state index is 12.7. The smallest absolute Gasteiger partial charge is 0.227 e. The van der Waals surface area contributed by atoms with Crippen molar-refractivity contribution in [1.29, 1.82) is 0 Å². The van der Waals surface area contributed by atoms with E-state index in [2.05, 4.69) is 22.3 Å². The monoisotopic (exact) mass is 397 g/mol. The molecule has 28 heavy (non-hydrogen) atoms. The molecule has 1 saturated heterocycles. The van der Waals surface area contributed by atoms with E-state index in [-0.39, 0.29) is 30.2 Å². The largest absolute Gasteiger partial charge is 0.354 e. The van der Waals surface area contributed by atoms with Gasteiger partial charge < -0.3 is 15.1 Å². The molecule has 0 saturated carbocycles. The molecule has 0 aliphatic carbocycles. The minimum atomic E-state index is -0.314. The lowest BCUT2D eigenvalue weighted by molar-refractivity contribution is -0.126. The summed E-state index contributed by atoms with van der Waals surface area (Å²) in [5.74, 6) is -0.366. The molecule has 6 heteroatoms. The average Bonchev–Trinajstić information content (AvgIpc) is 3.10. The highest BCUT2D eigenvalue weighted by atomic mass is 32.2. The molecule has 0 radical (unpaired) electrons. The third kappa shape index (κ3) is 4.75. The van der Waals surface area contributed by atoms with Crippen LogP contribution in [0, 0.1) is 5.92 Å². The predicted octanol–water partition coefficient (Wildman–Crippen LogP) is 3.18. The molecule has 0 spiro atoms. The normalized spacial score (nSPS) is 17.8. The quantitative estimate of drug-likeness (QED) is 0.729. The Morgan fingerprint density at radius 1 is 1.18 bits per heavy atom. The Bertz CT molecular complexity index is 808. The van der Waals surface area contributed by atoms with Crippen molar-refractivity contribution in [3.63, 3.8) is 0 Å².